The van der Waals surface area contributed by atoms with Crippen molar-refractivity contribution in [1.82, 2.24) is 10.2 Å². The fraction of sp³-hybridized carbons (Fsp3) is 0.211. The van der Waals surface area contributed by atoms with Crippen LogP contribution in [0.5, 0.6) is 17.2 Å². The molecule has 2 aromatic carbocycles. The van der Waals surface area contributed by atoms with Crippen molar-refractivity contribution in [3.8, 4) is 34.8 Å². The minimum absolute atomic E-state index is 0.0924. The number of hydrogen-bond acceptors (Lipinski definition) is 7. The van der Waals surface area contributed by atoms with Gasteiger partial charge in [-0.15, -0.1) is 10.2 Å². The van der Waals surface area contributed by atoms with Gasteiger partial charge in [-0.3, -0.25) is 0 Å². The zero-order valence-corrected chi connectivity index (χ0v) is 14.4. The molecule has 1 aromatic heterocycles. The van der Waals surface area contributed by atoms with Gasteiger partial charge >= 0.3 is 0 Å². The Morgan fingerprint density at radius 2 is 1.85 bits per heavy atom. The first-order valence-electron chi connectivity index (χ1n) is 8.00. The molecular formula is C19H17N3O4. The van der Waals surface area contributed by atoms with E-state index in [0.717, 1.165) is 11.3 Å². The molecule has 26 heavy (non-hydrogen) atoms. The first-order chi connectivity index (χ1) is 12.7. The lowest BCUT2D eigenvalue weighted by molar-refractivity contribution is 0.243. The van der Waals surface area contributed by atoms with Crippen LogP contribution in [0.25, 0.3) is 11.5 Å². The van der Waals surface area contributed by atoms with Crippen LogP contribution in [0.3, 0.4) is 0 Å². The molecule has 0 atom stereocenters. The molecule has 0 spiro atoms. The molecule has 132 valence electrons. The van der Waals surface area contributed by atoms with E-state index in [4.69, 9.17) is 23.9 Å². The molecule has 0 N–H and O–H groups in total. The molecule has 0 aliphatic rings. The highest BCUT2D eigenvalue weighted by atomic mass is 16.5. The number of aromatic nitrogens is 2. The minimum Gasteiger partial charge on any atom is -0.497 e. The lowest BCUT2D eigenvalue weighted by atomic mass is 10.2. The molecule has 0 radical (unpaired) electrons. The lowest BCUT2D eigenvalue weighted by Gasteiger charge is -2.10. The number of rotatable bonds is 7. The lowest BCUT2D eigenvalue weighted by Crippen LogP contribution is -2.00. The van der Waals surface area contributed by atoms with Gasteiger partial charge in [0.15, 0.2) is 18.1 Å². The molecule has 7 nitrogen and oxygen atoms in total. The van der Waals surface area contributed by atoms with E-state index < -0.39 is 0 Å². The Hall–Kier alpha value is -3.53. The number of methoxy groups -OCH3 is 1. The Bertz CT molecular complexity index is 913. The first-order valence-corrected chi connectivity index (χ1v) is 8.00. The van der Waals surface area contributed by atoms with Crippen molar-refractivity contribution in [2.45, 2.75) is 13.5 Å². The van der Waals surface area contributed by atoms with Crippen LogP contribution in [-0.2, 0) is 6.61 Å². The molecule has 0 saturated carbocycles. The third kappa shape index (κ3) is 3.92. The monoisotopic (exact) mass is 351 g/mol. The van der Waals surface area contributed by atoms with Gasteiger partial charge in [-0.1, -0.05) is 0 Å². The largest absolute Gasteiger partial charge is 0.497 e. The summed E-state index contributed by atoms with van der Waals surface area (Å²) in [6.07, 6.45) is 0. The van der Waals surface area contributed by atoms with E-state index in [0.29, 0.717) is 35.5 Å². The Morgan fingerprint density at radius 1 is 1.04 bits per heavy atom. The molecule has 0 fully saturated rings. The van der Waals surface area contributed by atoms with Crippen LogP contribution in [-0.4, -0.2) is 23.9 Å². The Labute approximate surface area is 150 Å². The van der Waals surface area contributed by atoms with Crippen LogP contribution in [0.2, 0.25) is 0 Å². The smallest absolute Gasteiger partial charge is 0.254 e. The average Bonchev–Trinajstić information content (AvgIpc) is 3.16. The van der Waals surface area contributed by atoms with E-state index in [9.17, 15) is 0 Å². The maximum absolute atomic E-state index is 8.99. The molecule has 1 heterocycles. The van der Waals surface area contributed by atoms with Gasteiger partial charge in [-0.25, -0.2) is 0 Å². The zero-order valence-electron chi connectivity index (χ0n) is 14.4. The fourth-order valence-corrected chi connectivity index (χ4v) is 2.27. The average molecular weight is 351 g/mol. The Morgan fingerprint density at radius 3 is 2.54 bits per heavy atom. The standard InChI is InChI=1S/C19H17N3O4/c1-3-24-17-10-13(11-20)4-9-16(17)25-12-18-21-22-19(26-18)14-5-7-15(23-2)8-6-14/h4-10H,3,12H2,1-2H3. The highest BCUT2D eigenvalue weighted by molar-refractivity contribution is 5.54. The van der Waals surface area contributed by atoms with Crippen LogP contribution in [0, 0.1) is 11.3 Å². The fourth-order valence-electron chi connectivity index (χ4n) is 2.27. The van der Waals surface area contributed by atoms with Gasteiger partial charge < -0.3 is 18.6 Å². The van der Waals surface area contributed by atoms with Crippen LogP contribution in [0.15, 0.2) is 46.9 Å². The molecule has 3 rings (SSSR count). The topological polar surface area (TPSA) is 90.4 Å². The van der Waals surface area contributed by atoms with E-state index in [1.54, 1.807) is 25.3 Å². The van der Waals surface area contributed by atoms with Gasteiger partial charge in [-0.05, 0) is 43.3 Å². The van der Waals surface area contributed by atoms with E-state index in [2.05, 4.69) is 16.3 Å². The zero-order chi connectivity index (χ0) is 18.4. The number of nitriles is 1. The normalized spacial score (nSPS) is 10.2. The van der Waals surface area contributed by atoms with Crippen LogP contribution in [0.1, 0.15) is 18.4 Å². The predicted octanol–water partition coefficient (Wildman–Crippen LogP) is 3.59. The maximum Gasteiger partial charge on any atom is 0.254 e. The summed E-state index contributed by atoms with van der Waals surface area (Å²) >= 11 is 0. The van der Waals surface area contributed by atoms with Crippen molar-refractivity contribution in [1.29, 1.82) is 5.26 Å². The van der Waals surface area contributed by atoms with Crippen LogP contribution < -0.4 is 14.2 Å². The minimum atomic E-state index is 0.0924. The van der Waals surface area contributed by atoms with E-state index >= 15 is 0 Å². The third-order valence-corrected chi connectivity index (χ3v) is 3.53. The molecule has 0 amide bonds. The quantitative estimate of drug-likeness (QED) is 0.642. The van der Waals surface area contributed by atoms with Gasteiger partial charge in [0.05, 0.1) is 25.3 Å². The molecule has 0 aliphatic heterocycles. The van der Waals surface area contributed by atoms with Gasteiger partial charge in [0.1, 0.15) is 5.75 Å². The van der Waals surface area contributed by atoms with Gasteiger partial charge in [0.2, 0.25) is 5.89 Å². The summed E-state index contributed by atoms with van der Waals surface area (Å²) in [6, 6.07) is 14.4. The van der Waals surface area contributed by atoms with Crippen molar-refractivity contribution in [2.75, 3.05) is 13.7 Å². The van der Waals surface area contributed by atoms with Crippen molar-refractivity contribution in [3.63, 3.8) is 0 Å². The SMILES string of the molecule is CCOc1cc(C#N)ccc1OCc1nnc(-c2ccc(OC)cc2)o1. The maximum atomic E-state index is 8.99. The highest BCUT2D eigenvalue weighted by Gasteiger charge is 2.12. The summed E-state index contributed by atoms with van der Waals surface area (Å²) in [5, 5.41) is 17.0. The first kappa shape index (κ1) is 17.3. The summed E-state index contributed by atoms with van der Waals surface area (Å²) in [4.78, 5) is 0. The van der Waals surface area contributed by atoms with E-state index in [-0.39, 0.29) is 6.61 Å². The van der Waals surface area contributed by atoms with Crippen LogP contribution >= 0.6 is 0 Å². The number of benzene rings is 2. The number of ether oxygens (including phenoxy) is 3. The second-order valence-electron chi connectivity index (χ2n) is 5.22. The highest BCUT2D eigenvalue weighted by Crippen LogP contribution is 2.29. The third-order valence-electron chi connectivity index (χ3n) is 3.53. The van der Waals surface area contributed by atoms with Gasteiger partial charge in [0.25, 0.3) is 5.89 Å². The summed E-state index contributed by atoms with van der Waals surface area (Å²) < 4.78 is 22.0. The Kier molecular flexibility index (Phi) is 5.34. The predicted molar refractivity (Wildman–Crippen MR) is 92.9 cm³/mol. The van der Waals surface area contributed by atoms with Gasteiger partial charge in [-0.2, -0.15) is 5.26 Å². The number of hydrogen-bond donors (Lipinski definition) is 0. The number of nitrogens with zero attached hydrogens (tertiary/aromatic N) is 3. The van der Waals surface area contributed by atoms with Crippen molar-refractivity contribution in [3.05, 3.63) is 53.9 Å². The molecule has 0 unspecified atom stereocenters. The van der Waals surface area contributed by atoms with Crippen molar-refractivity contribution < 1.29 is 18.6 Å². The molecule has 7 heteroatoms. The second kappa shape index (κ2) is 8.03. The van der Waals surface area contributed by atoms with E-state index in [1.165, 1.54) is 0 Å². The molecule has 0 bridgehead atoms. The molecule has 3 aromatic rings. The van der Waals surface area contributed by atoms with Crippen molar-refractivity contribution in [2.24, 2.45) is 0 Å². The summed E-state index contributed by atoms with van der Waals surface area (Å²) in [7, 11) is 1.61. The molecular weight excluding hydrogens is 334 g/mol. The summed E-state index contributed by atoms with van der Waals surface area (Å²) in [5.74, 6) is 2.50. The summed E-state index contributed by atoms with van der Waals surface area (Å²) in [6.45, 7) is 2.42. The van der Waals surface area contributed by atoms with Crippen molar-refractivity contribution >= 4 is 0 Å². The summed E-state index contributed by atoms with van der Waals surface area (Å²) in [5.41, 5.74) is 1.29. The Balaban J connectivity index is 1.71. The van der Waals surface area contributed by atoms with Crippen LogP contribution in [0.4, 0.5) is 0 Å². The van der Waals surface area contributed by atoms with E-state index in [1.807, 2.05) is 31.2 Å². The molecule has 0 aliphatic carbocycles. The second-order valence-corrected chi connectivity index (χ2v) is 5.22. The molecule has 0 saturated heterocycles. The van der Waals surface area contributed by atoms with Gasteiger partial charge in [0, 0.05) is 11.6 Å².